The highest BCUT2D eigenvalue weighted by Gasteiger charge is 2.54. The Labute approximate surface area is 236 Å². The van der Waals surface area contributed by atoms with E-state index in [1.54, 1.807) is 11.8 Å². The molecule has 0 atom stereocenters. The first-order valence-corrected chi connectivity index (χ1v) is 13.5. The van der Waals surface area contributed by atoms with Crippen molar-refractivity contribution in [3.8, 4) is 0 Å². The lowest BCUT2D eigenvalue weighted by Gasteiger charge is -2.43. The van der Waals surface area contributed by atoms with Crippen molar-refractivity contribution in [1.82, 2.24) is 15.1 Å². The molecule has 9 nitrogen and oxygen atoms in total. The van der Waals surface area contributed by atoms with Crippen LogP contribution >= 0.6 is 0 Å². The highest BCUT2D eigenvalue weighted by Crippen LogP contribution is 2.39. The molecule has 0 unspecified atom stereocenters. The van der Waals surface area contributed by atoms with Crippen LogP contribution in [0.1, 0.15) is 43.7 Å². The number of anilines is 1. The Hall–Kier alpha value is -4.09. The third-order valence-corrected chi connectivity index (χ3v) is 7.45. The van der Waals surface area contributed by atoms with Gasteiger partial charge < -0.3 is 24.8 Å². The molecule has 41 heavy (non-hydrogen) atoms. The molecular weight excluding hydrogens is 541 g/mol. The van der Waals surface area contributed by atoms with Crippen molar-refractivity contribution in [3.63, 3.8) is 0 Å². The van der Waals surface area contributed by atoms with Crippen LogP contribution in [0.25, 0.3) is 0 Å². The lowest BCUT2D eigenvalue weighted by atomic mass is 9.85. The van der Waals surface area contributed by atoms with Gasteiger partial charge in [0.1, 0.15) is 12.1 Å². The molecule has 3 amide bonds. The smallest absolute Gasteiger partial charge is 0.416 e. The summed E-state index contributed by atoms with van der Waals surface area (Å²) >= 11 is 0. The van der Waals surface area contributed by atoms with Gasteiger partial charge in [0.2, 0.25) is 11.8 Å². The summed E-state index contributed by atoms with van der Waals surface area (Å²) in [6, 6.07) is 14.0. The van der Waals surface area contributed by atoms with E-state index in [-0.39, 0.29) is 51.0 Å². The standard InChI is InChI=1S/C29H33F3N4O5/c1-2-41-26(39)12-11-25(38)34-15-13-28(14-16-34)27(40)35(20-36(28)23-9-4-3-5-10-23)19-24(37)33-18-21-7-6-8-22(17-21)29(30,31)32/h3-10,17H,2,11-16,18-20H2,1H3,(H,33,37). The molecule has 2 heterocycles. The number of halogens is 3. The fourth-order valence-electron chi connectivity index (χ4n) is 5.34. The zero-order chi connectivity index (χ0) is 29.6. The second-order valence-corrected chi connectivity index (χ2v) is 10.1. The van der Waals surface area contributed by atoms with Crippen LogP contribution in [0.4, 0.5) is 18.9 Å². The van der Waals surface area contributed by atoms with Crippen molar-refractivity contribution in [3.05, 3.63) is 65.7 Å². The summed E-state index contributed by atoms with van der Waals surface area (Å²) in [6.07, 6.45) is -3.78. The van der Waals surface area contributed by atoms with Gasteiger partial charge in [0.15, 0.2) is 0 Å². The maximum atomic E-state index is 13.8. The highest BCUT2D eigenvalue weighted by molar-refractivity contribution is 5.96. The molecule has 0 bridgehead atoms. The van der Waals surface area contributed by atoms with Crippen LogP contribution in [0.3, 0.4) is 0 Å². The molecule has 0 saturated carbocycles. The summed E-state index contributed by atoms with van der Waals surface area (Å²) in [5, 5.41) is 2.62. The largest absolute Gasteiger partial charge is 0.466 e. The summed E-state index contributed by atoms with van der Waals surface area (Å²) in [6.45, 7) is 2.35. The average Bonchev–Trinajstić information content (AvgIpc) is 3.21. The van der Waals surface area contributed by atoms with Crippen LogP contribution in [0, 0.1) is 0 Å². The first-order chi connectivity index (χ1) is 19.5. The van der Waals surface area contributed by atoms with Gasteiger partial charge in [-0.2, -0.15) is 13.2 Å². The normalized spacial score (nSPS) is 16.7. The van der Waals surface area contributed by atoms with Crippen molar-refractivity contribution in [2.24, 2.45) is 0 Å². The molecule has 1 spiro atoms. The number of carbonyl (C=O) groups is 4. The van der Waals surface area contributed by atoms with Gasteiger partial charge in [-0.1, -0.05) is 30.3 Å². The number of carbonyl (C=O) groups excluding carboxylic acids is 4. The summed E-state index contributed by atoms with van der Waals surface area (Å²) in [5.41, 5.74) is -0.663. The van der Waals surface area contributed by atoms with Crippen LogP contribution in [0.2, 0.25) is 0 Å². The van der Waals surface area contributed by atoms with E-state index in [2.05, 4.69) is 5.32 Å². The van der Waals surface area contributed by atoms with E-state index in [1.807, 2.05) is 35.2 Å². The Balaban J connectivity index is 1.41. The Morgan fingerprint density at radius 3 is 2.37 bits per heavy atom. The minimum atomic E-state index is -4.49. The molecule has 2 fully saturated rings. The van der Waals surface area contributed by atoms with Gasteiger partial charge in [-0.05, 0) is 49.6 Å². The van der Waals surface area contributed by atoms with Crippen LogP contribution in [0.5, 0.6) is 0 Å². The van der Waals surface area contributed by atoms with Crippen LogP contribution < -0.4 is 10.2 Å². The van der Waals surface area contributed by atoms with Gasteiger partial charge in [0.25, 0.3) is 5.91 Å². The maximum absolute atomic E-state index is 13.8. The van der Waals surface area contributed by atoms with E-state index in [9.17, 15) is 32.3 Å². The van der Waals surface area contributed by atoms with E-state index in [0.29, 0.717) is 31.5 Å². The number of para-hydroxylation sites is 1. The van der Waals surface area contributed by atoms with Crippen molar-refractivity contribution < 1.29 is 37.1 Å². The van der Waals surface area contributed by atoms with Crippen LogP contribution in [-0.4, -0.2) is 71.9 Å². The number of hydrogen-bond acceptors (Lipinski definition) is 6. The SMILES string of the molecule is CCOC(=O)CCC(=O)N1CCC2(CC1)C(=O)N(CC(=O)NCc1cccc(C(F)(F)F)c1)CN2c1ccccc1. The molecule has 0 aliphatic carbocycles. The highest BCUT2D eigenvalue weighted by atomic mass is 19.4. The van der Waals surface area contributed by atoms with E-state index >= 15 is 0 Å². The lowest BCUT2D eigenvalue weighted by molar-refractivity contribution is -0.146. The molecule has 2 aromatic rings. The monoisotopic (exact) mass is 574 g/mol. The third-order valence-electron chi connectivity index (χ3n) is 7.45. The number of likely N-dealkylation sites (tertiary alicyclic amines) is 1. The Morgan fingerprint density at radius 2 is 1.71 bits per heavy atom. The first kappa shape index (κ1) is 29.9. The van der Waals surface area contributed by atoms with E-state index in [1.165, 1.54) is 17.0 Å². The summed E-state index contributed by atoms with van der Waals surface area (Å²) < 4.78 is 44.0. The quantitative estimate of drug-likeness (QED) is 0.462. The molecule has 0 radical (unpaired) electrons. The molecule has 2 aliphatic rings. The number of alkyl halides is 3. The molecule has 2 aromatic carbocycles. The fourth-order valence-corrected chi connectivity index (χ4v) is 5.34. The topological polar surface area (TPSA) is 99.3 Å². The fraction of sp³-hybridized carbons (Fsp3) is 0.448. The number of nitrogens with one attached hydrogen (secondary N) is 1. The Morgan fingerprint density at radius 1 is 1.00 bits per heavy atom. The predicted molar refractivity (Wildman–Crippen MR) is 143 cm³/mol. The predicted octanol–water partition coefficient (Wildman–Crippen LogP) is 3.33. The second-order valence-electron chi connectivity index (χ2n) is 10.1. The van der Waals surface area contributed by atoms with Crippen molar-refractivity contribution in [2.75, 3.05) is 37.8 Å². The Bertz CT molecular complexity index is 1260. The number of benzene rings is 2. The van der Waals surface area contributed by atoms with Gasteiger partial charge in [0, 0.05) is 31.7 Å². The zero-order valence-corrected chi connectivity index (χ0v) is 22.8. The molecule has 4 rings (SSSR count). The van der Waals surface area contributed by atoms with Crippen molar-refractivity contribution >= 4 is 29.4 Å². The number of nitrogens with zero attached hydrogens (tertiary/aromatic N) is 3. The van der Waals surface area contributed by atoms with E-state index < -0.39 is 29.2 Å². The van der Waals surface area contributed by atoms with Gasteiger partial charge in [-0.15, -0.1) is 0 Å². The van der Waals surface area contributed by atoms with E-state index in [0.717, 1.165) is 17.8 Å². The number of esters is 1. The van der Waals surface area contributed by atoms with E-state index in [4.69, 9.17) is 4.74 Å². The molecule has 1 N–H and O–H groups in total. The number of amides is 3. The minimum Gasteiger partial charge on any atom is -0.466 e. The van der Waals surface area contributed by atoms with Crippen molar-refractivity contribution in [1.29, 1.82) is 0 Å². The maximum Gasteiger partial charge on any atom is 0.416 e. The van der Waals surface area contributed by atoms with Gasteiger partial charge in [0.05, 0.1) is 25.3 Å². The summed E-state index contributed by atoms with van der Waals surface area (Å²) in [4.78, 5) is 56.0. The molecule has 2 aliphatic heterocycles. The molecular formula is C29H33F3N4O5. The van der Waals surface area contributed by atoms with Gasteiger partial charge >= 0.3 is 12.1 Å². The first-order valence-electron chi connectivity index (χ1n) is 13.5. The number of rotatable bonds is 9. The minimum absolute atomic E-state index is 0.00717. The molecule has 220 valence electrons. The zero-order valence-electron chi connectivity index (χ0n) is 22.8. The van der Waals surface area contributed by atoms with Gasteiger partial charge in [-0.25, -0.2) is 0 Å². The molecule has 2 saturated heterocycles. The summed E-state index contributed by atoms with van der Waals surface area (Å²) in [5.74, 6) is -1.35. The van der Waals surface area contributed by atoms with Crippen LogP contribution in [0.15, 0.2) is 54.6 Å². The molecule has 12 heteroatoms. The Kier molecular flexibility index (Phi) is 9.19. The second kappa shape index (κ2) is 12.6. The number of piperidine rings is 1. The third kappa shape index (κ3) is 6.98. The summed E-state index contributed by atoms with van der Waals surface area (Å²) in [7, 11) is 0. The molecule has 0 aromatic heterocycles. The lowest BCUT2D eigenvalue weighted by Crippen LogP contribution is -2.57. The number of ether oxygens (including phenoxy) is 1. The van der Waals surface area contributed by atoms with Gasteiger partial charge in [-0.3, -0.25) is 19.2 Å². The number of hydrogen-bond donors (Lipinski definition) is 1. The van der Waals surface area contributed by atoms with Crippen molar-refractivity contribution in [2.45, 2.75) is 50.9 Å². The van der Waals surface area contributed by atoms with Crippen LogP contribution in [-0.2, 0) is 36.6 Å². The average molecular weight is 575 g/mol.